The molecule has 0 aliphatic carbocycles. The lowest BCUT2D eigenvalue weighted by atomic mass is 10.1. The second-order valence-electron chi connectivity index (χ2n) is 3.93. The van der Waals surface area contributed by atoms with Crippen LogP contribution in [0.5, 0.6) is 0 Å². The molecule has 84 valence electrons. The number of nitrogens with zero attached hydrogens (tertiary/aromatic N) is 3. The summed E-state index contributed by atoms with van der Waals surface area (Å²) in [6, 6.07) is 7.70. The van der Waals surface area contributed by atoms with Gasteiger partial charge in [0.05, 0.1) is 11.2 Å². The lowest BCUT2D eigenvalue weighted by Crippen LogP contribution is -1.88. The molecule has 3 heterocycles. The number of hydrogen-bond donors (Lipinski definition) is 0. The van der Waals surface area contributed by atoms with Crippen LogP contribution in [0.2, 0.25) is 5.02 Å². The number of hydrogen-bond acceptors (Lipinski definition) is 2. The Morgan fingerprint density at radius 3 is 2.94 bits per heavy atom. The second-order valence-corrected chi connectivity index (χ2v) is 4.37. The van der Waals surface area contributed by atoms with Gasteiger partial charge in [0.25, 0.3) is 0 Å². The fourth-order valence-electron chi connectivity index (χ4n) is 1.83. The molecule has 0 amide bonds. The van der Waals surface area contributed by atoms with E-state index in [1.54, 1.807) is 6.20 Å². The van der Waals surface area contributed by atoms with Crippen molar-refractivity contribution >= 4 is 17.1 Å². The van der Waals surface area contributed by atoms with Crippen LogP contribution < -0.4 is 0 Å². The predicted octanol–water partition coefficient (Wildman–Crippen LogP) is 3.36. The summed E-state index contributed by atoms with van der Waals surface area (Å²) in [7, 11) is 0. The monoisotopic (exact) mass is 243 g/mol. The summed E-state index contributed by atoms with van der Waals surface area (Å²) in [6.45, 7) is 2.05. The van der Waals surface area contributed by atoms with Crippen molar-refractivity contribution in [2.45, 2.75) is 6.92 Å². The van der Waals surface area contributed by atoms with Crippen LogP contribution in [-0.4, -0.2) is 14.6 Å². The van der Waals surface area contributed by atoms with Crippen LogP contribution in [0.4, 0.5) is 0 Å². The molecule has 17 heavy (non-hydrogen) atoms. The number of pyridine rings is 2. The van der Waals surface area contributed by atoms with Crippen molar-refractivity contribution in [3.05, 3.63) is 53.4 Å². The Labute approximate surface area is 104 Å². The first-order valence-electron chi connectivity index (χ1n) is 5.30. The fourth-order valence-corrected chi connectivity index (χ4v) is 2.00. The quantitative estimate of drug-likeness (QED) is 0.656. The van der Waals surface area contributed by atoms with Gasteiger partial charge in [0.2, 0.25) is 0 Å². The maximum atomic E-state index is 5.95. The molecule has 0 N–H and O–H groups in total. The van der Waals surface area contributed by atoms with Gasteiger partial charge in [0.1, 0.15) is 0 Å². The van der Waals surface area contributed by atoms with Gasteiger partial charge in [-0.05, 0) is 36.8 Å². The van der Waals surface area contributed by atoms with Crippen molar-refractivity contribution in [1.82, 2.24) is 14.6 Å². The molecule has 0 bridgehead atoms. The van der Waals surface area contributed by atoms with Crippen molar-refractivity contribution < 1.29 is 0 Å². The fraction of sp³-hybridized carbons (Fsp3) is 0.0769. The third kappa shape index (κ3) is 1.78. The highest BCUT2D eigenvalue weighted by molar-refractivity contribution is 6.30. The number of fused-ring (bicyclic) bond motifs is 1. The van der Waals surface area contributed by atoms with E-state index in [1.165, 1.54) is 0 Å². The first kappa shape index (κ1) is 10.3. The zero-order valence-corrected chi connectivity index (χ0v) is 10.0. The van der Waals surface area contributed by atoms with Crippen LogP contribution in [0.3, 0.4) is 0 Å². The van der Waals surface area contributed by atoms with Gasteiger partial charge in [-0.1, -0.05) is 11.6 Å². The van der Waals surface area contributed by atoms with Crippen molar-refractivity contribution in [2.24, 2.45) is 0 Å². The molecule has 0 fully saturated rings. The van der Waals surface area contributed by atoms with E-state index < -0.39 is 0 Å². The topological polar surface area (TPSA) is 30.2 Å². The highest BCUT2D eigenvalue weighted by atomic mass is 35.5. The van der Waals surface area contributed by atoms with Crippen LogP contribution in [0.1, 0.15) is 5.56 Å². The summed E-state index contributed by atoms with van der Waals surface area (Å²) in [5.74, 6) is 0. The number of rotatable bonds is 1. The molecule has 3 aromatic rings. The van der Waals surface area contributed by atoms with Gasteiger partial charge in [-0.2, -0.15) is 5.10 Å². The number of halogens is 1. The smallest absolute Gasteiger partial charge is 0.0951 e. The Balaban J connectivity index is 2.22. The summed E-state index contributed by atoms with van der Waals surface area (Å²) in [5.41, 5.74) is 4.11. The van der Waals surface area contributed by atoms with Gasteiger partial charge in [-0.25, -0.2) is 4.52 Å². The van der Waals surface area contributed by atoms with Gasteiger partial charge in [-0.15, -0.1) is 0 Å². The van der Waals surface area contributed by atoms with Crippen molar-refractivity contribution in [3.63, 3.8) is 0 Å². The van der Waals surface area contributed by atoms with Crippen molar-refractivity contribution in [2.75, 3.05) is 0 Å². The summed E-state index contributed by atoms with van der Waals surface area (Å²) in [4.78, 5) is 4.13. The Hall–Kier alpha value is -1.87. The average Bonchev–Trinajstić information content (AvgIpc) is 2.72. The molecular formula is C13H10ClN3. The molecule has 0 spiro atoms. The van der Waals surface area contributed by atoms with E-state index in [-0.39, 0.29) is 0 Å². The average molecular weight is 244 g/mol. The molecular weight excluding hydrogens is 234 g/mol. The SMILES string of the molecule is Cc1ccncc1-c1cc2cc(Cl)ccn2n1. The molecule has 0 aliphatic heterocycles. The lowest BCUT2D eigenvalue weighted by Gasteiger charge is -1.99. The van der Waals surface area contributed by atoms with E-state index in [9.17, 15) is 0 Å². The summed E-state index contributed by atoms with van der Waals surface area (Å²) in [6.07, 6.45) is 5.47. The van der Waals surface area contributed by atoms with E-state index in [0.717, 1.165) is 22.3 Å². The van der Waals surface area contributed by atoms with Gasteiger partial charge in [0.15, 0.2) is 0 Å². The largest absolute Gasteiger partial charge is 0.264 e. The summed E-state index contributed by atoms with van der Waals surface area (Å²) >= 11 is 5.95. The predicted molar refractivity (Wildman–Crippen MR) is 68.2 cm³/mol. The maximum Gasteiger partial charge on any atom is 0.0951 e. The van der Waals surface area contributed by atoms with Gasteiger partial charge < -0.3 is 0 Å². The molecule has 3 rings (SSSR count). The number of aryl methyl sites for hydroxylation is 1. The highest BCUT2D eigenvalue weighted by Crippen LogP contribution is 2.23. The van der Waals surface area contributed by atoms with Crippen LogP contribution in [-0.2, 0) is 0 Å². The Bertz CT molecular complexity index is 688. The second kappa shape index (κ2) is 3.86. The van der Waals surface area contributed by atoms with Crippen LogP contribution in [0.25, 0.3) is 16.8 Å². The lowest BCUT2D eigenvalue weighted by molar-refractivity contribution is 0.964. The Morgan fingerprint density at radius 2 is 2.12 bits per heavy atom. The molecule has 0 unspecified atom stereocenters. The Kier molecular flexibility index (Phi) is 2.34. The zero-order valence-electron chi connectivity index (χ0n) is 9.26. The van der Waals surface area contributed by atoms with E-state index in [0.29, 0.717) is 5.02 Å². The molecule has 0 atom stereocenters. The first-order chi connectivity index (χ1) is 8.24. The van der Waals surface area contributed by atoms with E-state index >= 15 is 0 Å². The van der Waals surface area contributed by atoms with E-state index in [2.05, 4.69) is 10.1 Å². The van der Waals surface area contributed by atoms with Crippen LogP contribution in [0, 0.1) is 6.92 Å². The standard InChI is InChI=1S/C13H10ClN3/c1-9-2-4-15-8-12(9)13-7-11-6-10(14)3-5-17(11)16-13/h2-8H,1H3. The van der Waals surface area contributed by atoms with Crippen LogP contribution in [0.15, 0.2) is 42.9 Å². The van der Waals surface area contributed by atoms with Gasteiger partial charge in [-0.3, -0.25) is 4.98 Å². The van der Waals surface area contributed by atoms with E-state index in [4.69, 9.17) is 11.6 Å². The summed E-state index contributed by atoms with van der Waals surface area (Å²) in [5, 5.41) is 5.22. The molecule has 0 saturated heterocycles. The third-order valence-electron chi connectivity index (χ3n) is 2.74. The van der Waals surface area contributed by atoms with Crippen LogP contribution >= 0.6 is 11.6 Å². The molecule has 0 saturated carbocycles. The molecule has 0 radical (unpaired) electrons. The summed E-state index contributed by atoms with van der Waals surface area (Å²) < 4.78 is 1.81. The maximum absolute atomic E-state index is 5.95. The van der Waals surface area contributed by atoms with Crippen molar-refractivity contribution in [3.8, 4) is 11.3 Å². The molecule has 3 nitrogen and oxygen atoms in total. The third-order valence-corrected chi connectivity index (χ3v) is 2.98. The minimum Gasteiger partial charge on any atom is -0.264 e. The minimum absolute atomic E-state index is 0.715. The van der Waals surface area contributed by atoms with Crippen molar-refractivity contribution in [1.29, 1.82) is 0 Å². The number of aromatic nitrogens is 3. The Morgan fingerprint density at radius 1 is 1.24 bits per heavy atom. The zero-order chi connectivity index (χ0) is 11.8. The molecule has 0 aromatic carbocycles. The minimum atomic E-state index is 0.715. The van der Waals surface area contributed by atoms with Gasteiger partial charge >= 0.3 is 0 Å². The highest BCUT2D eigenvalue weighted by Gasteiger charge is 2.07. The molecule has 4 heteroatoms. The van der Waals surface area contributed by atoms with Gasteiger partial charge in [0, 0.05) is 29.2 Å². The molecule has 0 aliphatic rings. The molecule has 3 aromatic heterocycles. The van der Waals surface area contributed by atoms with E-state index in [1.807, 2.05) is 48.1 Å². The normalized spacial score (nSPS) is 10.9. The first-order valence-corrected chi connectivity index (χ1v) is 5.68.